The Morgan fingerprint density at radius 2 is 1.89 bits per heavy atom. The molecule has 1 aromatic rings. The second kappa shape index (κ2) is 7.06. The number of carboxylic acids is 1. The number of carbonyl (C=O) groups is 2. The van der Waals surface area contributed by atoms with E-state index in [0.717, 1.165) is 0 Å². The van der Waals surface area contributed by atoms with E-state index >= 15 is 0 Å². The van der Waals surface area contributed by atoms with Gasteiger partial charge in [-0.2, -0.15) is 0 Å². The molecule has 0 radical (unpaired) electrons. The van der Waals surface area contributed by atoms with Gasteiger partial charge in [-0.15, -0.1) is 0 Å². The lowest BCUT2D eigenvalue weighted by Crippen LogP contribution is -2.30. The SMILES string of the molecule is COc1c(Cl)cc(NC(=O)NCCC(=O)O)cc1Cl. The fourth-order valence-electron chi connectivity index (χ4n) is 1.29. The van der Waals surface area contributed by atoms with Crippen LogP contribution in [0.25, 0.3) is 0 Å². The van der Waals surface area contributed by atoms with Crippen LogP contribution in [0.4, 0.5) is 10.5 Å². The zero-order chi connectivity index (χ0) is 14.4. The minimum Gasteiger partial charge on any atom is -0.494 e. The second-order valence-corrected chi connectivity index (χ2v) is 4.31. The van der Waals surface area contributed by atoms with E-state index in [1.165, 1.54) is 19.2 Å². The number of halogens is 2. The summed E-state index contributed by atoms with van der Waals surface area (Å²) >= 11 is 11.8. The number of ether oxygens (including phenoxy) is 1. The fraction of sp³-hybridized carbons (Fsp3) is 0.273. The van der Waals surface area contributed by atoms with Crippen LogP contribution in [0.2, 0.25) is 10.0 Å². The van der Waals surface area contributed by atoms with Gasteiger partial charge in [0.15, 0.2) is 5.75 Å². The number of carbonyl (C=O) groups excluding carboxylic acids is 1. The maximum atomic E-state index is 11.4. The van der Waals surface area contributed by atoms with Crippen LogP contribution in [0.3, 0.4) is 0 Å². The Morgan fingerprint density at radius 1 is 1.32 bits per heavy atom. The third kappa shape index (κ3) is 4.84. The number of nitrogens with one attached hydrogen (secondary N) is 2. The summed E-state index contributed by atoms with van der Waals surface area (Å²) in [7, 11) is 1.43. The van der Waals surface area contributed by atoms with E-state index in [1.54, 1.807) is 0 Å². The van der Waals surface area contributed by atoms with Crippen molar-refractivity contribution in [3.63, 3.8) is 0 Å². The first-order chi connectivity index (χ1) is 8.93. The molecule has 1 aromatic carbocycles. The molecule has 6 nitrogen and oxygen atoms in total. The predicted molar refractivity (Wildman–Crippen MR) is 72.3 cm³/mol. The molecule has 0 aliphatic heterocycles. The number of amides is 2. The van der Waals surface area contributed by atoms with E-state index in [2.05, 4.69) is 10.6 Å². The molecular formula is C11H12Cl2N2O4. The maximum Gasteiger partial charge on any atom is 0.319 e. The van der Waals surface area contributed by atoms with Gasteiger partial charge in [-0.3, -0.25) is 4.79 Å². The Labute approximate surface area is 119 Å². The summed E-state index contributed by atoms with van der Waals surface area (Å²) in [5.41, 5.74) is 0.378. The molecule has 0 saturated carbocycles. The van der Waals surface area contributed by atoms with E-state index in [0.29, 0.717) is 11.4 Å². The Morgan fingerprint density at radius 3 is 2.37 bits per heavy atom. The number of benzene rings is 1. The molecule has 19 heavy (non-hydrogen) atoms. The molecule has 0 unspecified atom stereocenters. The molecule has 0 heterocycles. The zero-order valence-corrected chi connectivity index (χ0v) is 11.5. The first kappa shape index (κ1) is 15.4. The summed E-state index contributed by atoms with van der Waals surface area (Å²) < 4.78 is 4.97. The number of urea groups is 1. The van der Waals surface area contributed by atoms with Gasteiger partial charge < -0.3 is 20.5 Å². The monoisotopic (exact) mass is 306 g/mol. The van der Waals surface area contributed by atoms with Crippen LogP contribution in [0.1, 0.15) is 6.42 Å². The summed E-state index contributed by atoms with van der Waals surface area (Å²) in [6.07, 6.45) is -0.155. The molecule has 0 spiro atoms. The highest BCUT2D eigenvalue weighted by Gasteiger charge is 2.10. The summed E-state index contributed by atoms with van der Waals surface area (Å²) in [5.74, 6) is -0.670. The molecule has 0 aliphatic carbocycles. The van der Waals surface area contributed by atoms with Crippen molar-refractivity contribution in [1.82, 2.24) is 5.32 Å². The van der Waals surface area contributed by atoms with E-state index in [9.17, 15) is 9.59 Å². The standard InChI is InChI=1S/C11H12Cl2N2O4/c1-19-10-7(12)4-6(5-8(10)13)15-11(18)14-3-2-9(16)17/h4-5H,2-3H2,1H3,(H,16,17)(H2,14,15,18). The zero-order valence-electron chi connectivity index (χ0n) is 10.00. The normalized spacial score (nSPS) is 9.84. The number of rotatable bonds is 5. The first-order valence-corrected chi connectivity index (χ1v) is 5.99. The highest BCUT2D eigenvalue weighted by molar-refractivity contribution is 6.37. The summed E-state index contributed by atoms with van der Waals surface area (Å²) in [5, 5.41) is 13.8. The van der Waals surface area contributed by atoms with Crippen LogP contribution >= 0.6 is 23.2 Å². The Balaban J connectivity index is 2.62. The minimum absolute atomic E-state index is 0.0266. The van der Waals surface area contributed by atoms with Crippen molar-refractivity contribution < 1.29 is 19.4 Å². The second-order valence-electron chi connectivity index (χ2n) is 3.50. The van der Waals surface area contributed by atoms with Crippen molar-refractivity contribution in [2.45, 2.75) is 6.42 Å². The number of anilines is 1. The Hall–Kier alpha value is -1.66. The topological polar surface area (TPSA) is 87.7 Å². The Bertz CT molecular complexity index is 471. The van der Waals surface area contributed by atoms with Gasteiger partial charge in [0.25, 0.3) is 0 Å². The molecule has 0 aliphatic rings. The van der Waals surface area contributed by atoms with Crippen molar-refractivity contribution in [3.8, 4) is 5.75 Å². The van der Waals surface area contributed by atoms with Crippen molar-refractivity contribution in [2.75, 3.05) is 19.0 Å². The molecule has 0 aromatic heterocycles. The Kier molecular flexibility index (Phi) is 5.72. The molecule has 0 saturated heterocycles. The van der Waals surface area contributed by atoms with Gasteiger partial charge in [-0.1, -0.05) is 23.2 Å². The molecule has 3 N–H and O–H groups in total. The van der Waals surface area contributed by atoms with Gasteiger partial charge >= 0.3 is 12.0 Å². The summed E-state index contributed by atoms with van der Waals surface area (Å²) in [6, 6.07) is 2.41. The van der Waals surface area contributed by atoms with Crippen molar-refractivity contribution >= 4 is 40.9 Å². The smallest absolute Gasteiger partial charge is 0.319 e. The highest BCUT2D eigenvalue weighted by atomic mass is 35.5. The number of hydrogen-bond acceptors (Lipinski definition) is 3. The van der Waals surface area contributed by atoms with Gasteiger partial charge in [-0.05, 0) is 12.1 Å². The van der Waals surface area contributed by atoms with Crippen molar-refractivity contribution in [3.05, 3.63) is 22.2 Å². The van der Waals surface area contributed by atoms with Crippen LogP contribution in [0.5, 0.6) is 5.75 Å². The first-order valence-electron chi connectivity index (χ1n) is 5.23. The largest absolute Gasteiger partial charge is 0.494 e. The van der Waals surface area contributed by atoms with E-state index < -0.39 is 12.0 Å². The predicted octanol–water partition coefficient (Wildman–Crippen LogP) is 2.60. The third-order valence-corrected chi connectivity index (χ3v) is 2.65. The van der Waals surface area contributed by atoms with Gasteiger partial charge in [0.1, 0.15) is 0 Å². The van der Waals surface area contributed by atoms with Crippen LogP contribution in [0, 0.1) is 0 Å². The molecule has 104 valence electrons. The molecule has 0 bridgehead atoms. The maximum absolute atomic E-state index is 11.4. The van der Waals surface area contributed by atoms with Crippen LogP contribution in [-0.2, 0) is 4.79 Å². The van der Waals surface area contributed by atoms with E-state index in [4.69, 9.17) is 33.0 Å². The third-order valence-electron chi connectivity index (χ3n) is 2.08. The number of aliphatic carboxylic acids is 1. The average Bonchev–Trinajstić information content (AvgIpc) is 2.27. The molecule has 0 fully saturated rings. The quantitative estimate of drug-likeness (QED) is 0.780. The van der Waals surface area contributed by atoms with Crippen molar-refractivity contribution in [1.29, 1.82) is 0 Å². The van der Waals surface area contributed by atoms with E-state index in [-0.39, 0.29) is 23.0 Å². The average molecular weight is 307 g/mol. The van der Waals surface area contributed by atoms with Crippen LogP contribution < -0.4 is 15.4 Å². The molecule has 0 atom stereocenters. The van der Waals surface area contributed by atoms with Crippen molar-refractivity contribution in [2.24, 2.45) is 0 Å². The molecular weight excluding hydrogens is 295 g/mol. The van der Waals surface area contributed by atoms with Crippen LogP contribution in [0.15, 0.2) is 12.1 Å². The number of carboxylic acid groups (broad SMARTS) is 1. The fourth-order valence-corrected chi connectivity index (χ4v) is 1.93. The summed E-state index contributed by atoms with van der Waals surface area (Å²) in [4.78, 5) is 21.7. The highest BCUT2D eigenvalue weighted by Crippen LogP contribution is 2.35. The number of hydrogen-bond donors (Lipinski definition) is 3. The van der Waals surface area contributed by atoms with Gasteiger partial charge in [-0.25, -0.2) is 4.79 Å². The summed E-state index contributed by atoms with van der Waals surface area (Å²) in [6.45, 7) is 0.0266. The minimum atomic E-state index is -0.990. The molecule has 2 amide bonds. The van der Waals surface area contributed by atoms with Gasteiger partial charge in [0.2, 0.25) is 0 Å². The van der Waals surface area contributed by atoms with Gasteiger partial charge in [0.05, 0.1) is 23.6 Å². The molecule has 8 heteroatoms. The number of methoxy groups -OCH3 is 1. The van der Waals surface area contributed by atoms with E-state index in [1.807, 2.05) is 0 Å². The van der Waals surface area contributed by atoms with Crippen LogP contribution in [-0.4, -0.2) is 30.8 Å². The van der Waals surface area contributed by atoms with Gasteiger partial charge in [0, 0.05) is 12.2 Å². The molecule has 1 rings (SSSR count). The lowest BCUT2D eigenvalue weighted by Gasteiger charge is -2.10. The lowest BCUT2D eigenvalue weighted by molar-refractivity contribution is -0.136. The lowest BCUT2D eigenvalue weighted by atomic mass is 10.3.